The van der Waals surface area contributed by atoms with Crippen LogP contribution in [0, 0.1) is 11.3 Å². The van der Waals surface area contributed by atoms with Crippen LogP contribution in [-0.4, -0.2) is 18.5 Å². The second-order valence-corrected chi connectivity index (χ2v) is 8.84. The lowest BCUT2D eigenvalue weighted by Gasteiger charge is -2.45. The molecule has 1 aliphatic rings. The minimum Gasteiger partial charge on any atom is -0.369 e. The van der Waals surface area contributed by atoms with Crippen LogP contribution in [-0.2, 0) is 4.79 Å². The number of carbonyl (C=O) groups is 1. The fourth-order valence-corrected chi connectivity index (χ4v) is 4.16. The number of amides is 1. The zero-order chi connectivity index (χ0) is 20.5. The van der Waals surface area contributed by atoms with E-state index in [2.05, 4.69) is 66.1 Å². The van der Waals surface area contributed by atoms with Gasteiger partial charge in [-0.3, -0.25) is 4.79 Å². The van der Waals surface area contributed by atoms with Crippen LogP contribution >= 0.6 is 15.9 Å². The first kappa shape index (κ1) is 20.2. The maximum Gasteiger partial charge on any atom is 0.266 e. The van der Waals surface area contributed by atoms with Gasteiger partial charge in [-0.15, -0.1) is 0 Å². The summed E-state index contributed by atoms with van der Waals surface area (Å²) in [6, 6.07) is 15.5. The average molecular weight is 438 g/mol. The van der Waals surface area contributed by atoms with E-state index < -0.39 is 5.91 Å². The van der Waals surface area contributed by atoms with Crippen molar-refractivity contribution in [1.82, 2.24) is 0 Å². The Balaban J connectivity index is 1.88. The highest BCUT2D eigenvalue weighted by Gasteiger charge is 2.33. The topological polar surface area (TPSA) is 56.1 Å². The second kappa shape index (κ2) is 7.81. The van der Waals surface area contributed by atoms with Crippen LogP contribution in [0.1, 0.15) is 44.2 Å². The zero-order valence-electron chi connectivity index (χ0n) is 16.6. The van der Waals surface area contributed by atoms with Crippen LogP contribution in [0.4, 0.5) is 11.4 Å². The van der Waals surface area contributed by atoms with E-state index in [0.717, 1.165) is 16.5 Å². The number of rotatable bonds is 3. The number of nitrogens with zero attached hydrogens (tertiary/aromatic N) is 2. The molecule has 1 N–H and O–H groups in total. The molecule has 0 fully saturated rings. The highest BCUT2D eigenvalue weighted by Crippen LogP contribution is 2.42. The predicted octanol–water partition coefficient (Wildman–Crippen LogP) is 5.72. The summed E-state index contributed by atoms with van der Waals surface area (Å²) in [5.74, 6) is 0.000187. The number of carbonyl (C=O) groups excluding carboxylic acids is 1. The highest BCUT2D eigenvalue weighted by atomic mass is 79.9. The van der Waals surface area contributed by atoms with Crippen molar-refractivity contribution in [3.8, 4) is 6.07 Å². The van der Waals surface area contributed by atoms with Crippen molar-refractivity contribution in [2.45, 2.75) is 38.6 Å². The fourth-order valence-electron chi connectivity index (χ4n) is 3.77. The van der Waals surface area contributed by atoms with E-state index >= 15 is 0 Å². The molecule has 0 saturated carbocycles. The number of hydrogen-bond acceptors (Lipinski definition) is 3. The van der Waals surface area contributed by atoms with Gasteiger partial charge in [0.25, 0.3) is 5.91 Å². The molecular formula is C23H24BrN3O. The van der Waals surface area contributed by atoms with Crippen molar-refractivity contribution in [2.24, 2.45) is 0 Å². The number of hydrogen-bond donors (Lipinski definition) is 1. The second-order valence-electron chi connectivity index (χ2n) is 7.93. The Kier molecular flexibility index (Phi) is 5.62. The number of benzene rings is 2. The minimum absolute atomic E-state index is 0.0806. The minimum atomic E-state index is -0.412. The van der Waals surface area contributed by atoms with E-state index in [1.165, 1.54) is 11.3 Å². The molecule has 0 radical (unpaired) electrons. The Bertz CT molecular complexity index is 988. The number of anilines is 2. The molecule has 3 rings (SSSR count). The molecule has 1 atom stereocenters. The third kappa shape index (κ3) is 4.13. The van der Waals surface area contributed by atoms with Crippen LogP contribution in [0.5, 0.6) is 0 Å². The molecule has 5 heteroatoms. The standard InChI is InChI=1S/C23H24BrN3O/c1-15-13-23(2,3)27(4)21-9-8-16(11-20(15)21)10-17(14-25)22(28)26-19-7-5-6-18(24)12-19/h5-12,15H,13H2,1-4H3,(H,26,28)/b17-10-/t15-/m0/s1. The van der Waals surface area contributed by atoms with Gasteiger partial charge in [-0.05, 0) is 73.7 Å². The zero-order valence-corrected chi connectivity index (χ0v) is 18.2. The van der Waals surface area contributed by atoms with Gasteiger partial charge >= 0.3 is 0 Å². The molecule has 1 aliphatic heterocycles. The van der Waals surface area contributed by atoms with E-state index in [1.54, 1.807) is 18.2 Å². The maximum absolute atomic E-state index is 12.5. The summed E-state index contributed by atoms with van der Waals surface area (Å²) in [6.07, 6.45) is 2.71. The van der Waals surface area contributed by atoms with Gasteiger partial charge in [0.15, 0.2) is 0 Å². The lowest BCUT2D eigenvalue weighted by Crippen LogP contribution is -2.45. The van der Waals surface area contributed by atoms with E-state index in [-0.39, 0.29) is 11.1 Å². The molecule has 0 aliphatic carbocycles. The van der Waals surface area contributed by atoms with Crippen LogP contribution in [0.2, 0.25) is 0 Å². The molecule has 1 amide bonds. The Morgan fingerprint density at radius 2 is 2.07 bits per heavy atom. The van der Waals surface area contributed by atoms with Gasteiger partial charge in [-0.25, -0.2) is 0 Å². The van der Waals surface area contributed by atoms with Gasteiger partial charge in [-0.2, -0.15) is 5.26 Å². The van der Waals surface area contributed by atoms with Gasteiger partial charge in [0.05, 0.1) is 0 Å². The van der Waals surface area contributed by atoms with E-state index in [9.17, 15) is 10.1 Å². The van der Waals surface area contributed by atoms with Crippen molar-refractivity contribution in [3.05, 3.63) is 63.6 Å². The van der Waals surface area contributed by atoms with Crippen molar-refractivity contribution in [1.29, 1.82) is 5.26 Å². The van der Waals surface area contributed by atoms with Crippen LogP contribution < -0.4 is 10.2 Å². The molecule has 1 heterocycles. The Labute approximate surface area is 175 Å². The first-order chi connectivity index (χ1) is 13.2. The highest BCUT2D eigenvalue weighted by molar-refractivity contribution is 9.10. The molecule has 2 aromatic rings. The Hall–Kier alpha value is -2.58. The monoisotopic (exact) mass is 437 g/mol. The molecule has 28 heavy (non-hydrogen) atoms. The van der Waals surface area contributed by atoms with E-state index in [0.29, 0.717) is 11.6 Å². The van der Waals surface area contributed by atoms with Gasteiger partial charge in [0.1, 0.15) is 11.6 Å². The van der Waals surface area contributed by atoms with Crippen LogP contribution in [0.3, 0.4) is 0 Å². The molecule has 2 aromatic carbocycles. The Morgan fingerprint density at radius 3 is 2.75 bits per heavy atom. The van der Waals surface area contributed by atoms with Gasteiger partial charge < -0.3 is 10.2 Å². The summed E-state index contributed by atoms with van der Waals surface area (Å²) in [4.78, 5) is 14.8. The molecular weight excluding hydrogens is 414 g/mol. The molecule has 0 bridgehead atoms. The van der Waals surface area contributed by atoms with Crippen molar-refractivity contribution < 1.29 is 4.79 Å². The van der Waals surface area contributed by atoms with Crippen LogP contribution in [0.25, 0.3) is 6.08 Å². The van der Waals surface area contributed by atoms with E-state index in [1.807, 2.05) is 24.3 Å². The predicted molar refractivity (Wildman–Crippen MR) is 118 cm³/mol. The quantitative estimate of drug-likeness (QED) is 0.493. The smallest absolute Gasteiger partial charge is 0.266 e. The van der Waals surface area contributed by atoms with Crippen LogP contribution in [0.15, 0.2) is 52.5 Å². The summed E-state index contributed by atoms with van der Waals surface area (Å²) in [5, 5.41) is 12.3. The first-order valence-corrected chi connectivity index (χ1v) is 10.1. The third-order valence-electron chi connectivity index (χ3n) is 5.42. The average Bonchev–Trinajstić information content (AvgIpc) is 2.64. The number of nitrogens with one attached hydrogen (secondary N) is 1. The summed E-state index contributed by atoms with van der Waals surface area (Å²) in [7, 11) is 2.12. The molecule has 0 unspecified atom stereocenters. The molecule has 0 aromatic heterocycles. The third-order valence-corrected chi connectivity index (χ3v) is 5.91. The molecule has 0 saturated heterocycles. The number of halogens is 1. The van der Waals surface area contributed by atoms with Crippen molar-refractivity contribution in [2.75, 3.05) is 17.3 Å². The molecule has 144 valence electrons. The summed E-state index contributed by atoms with van der Waals surface area (Å²) in [5.41, 5.74) is 4.14. The number of fused-ring (bicyclic) bond motifs is 1. The lowest BCUT2D eigenvalue weighted by atomic mass is 9.80. The summed E-state index contributed by atoms with van der Waals surface area (Å²) in [6.45, 7) is 6.73. The van der Waals surface area contributed by atoms with Crippen molar-refractivity contribution in [3.63, 3.8) is 0 Å². The van der Waals surface area contributed by atoms with Crippen molar-refractivity contribution >= 4 is 39.3 Å². The molecule has 4 nitrogen and oxygen atoms in total. The van der Waals surface area contributed by atoms with Gasteiger partial charge in [-0.1, -0.05) is 35.0 Å². The molecule has 0 spiro atoms. The van der Waals surface area contributed by atoms with Gasteiger partial charge in [0.2, 0.25) is 0 Å². The van der Waals surface area contributed by atoms with Gasteiger partial charge in [0, 0.05) is 28.4 Å². The summed E-state index contributed by atoms with van der Waals surface area (Å²) < 4.78 is 0.864. The SMILES string of the molecule is C[C@H]1CC(C)(C)N(C)c2ccc(/C=C(/C#N)C(=O)Nc3cccc(Br)c3)cc21. The lowest BCUT2D eigenvalue weighted by molar-refractivity contribution is -0.112. The largest absolute Gasteiger partial charge is 0.369 e. The Morgan fingerprint density at radius 1 is 1.32 bits per heavy atom. The summed E-state index contributed by atoms with van der Waals surface area (Å²) >= 11 is 3.38. The normalized spacial score (nSPS) is 18.2. The number of nitriles is 1. The fraction of sp³-hybridized carbons (Fsp3) is 0.304. The van der Waals surface area contributed by atoms with E-state index in [4.69, 9.17) is 0 Å². The first-order valence-electron chi connectivity index (χ1n) is 9.28. The maximum atomic E-state index is 12.5.